The smallest absolute Gasteiger partial charge is 0.264 e. The number of halogens is 1. The molecule has 0 saturated carbocycles. The van der Waals surface area contributed by atoms with Crippen molar-refractivity contribution < 1.29 is 22.7 Å². The molecule has 1 amide bonds. The molecule has 0 atom stereocenters. The molecule has 0 aromatic heterocycles. The van der Waals surface area contributed by atoms with Crippen LogP contribution in [0.2, 0.25) is 5.02 Å². The van der Waals surface area contributed by atoms with Gasteiger partial charge in [-0.15, -0.1) is 0 Å². The molecule has 3 rings (SSSR count). The molecule has 0 spiro atoms. The van der Waals surface area contributed by atoms with Gasteiger partial charge in [-0.05, 0) is 56.3 Å². The molecule has 0 aliphatic rings. The number of amides is 1. The zero-order chi connectivity index (χ0) is 24.0. The van der Waals surface area contributed by atoms with Crippen molar-refractivity contribution in [3.63, 3.8) is 0 Å². The van der Waals surface area contributed by atoms with Crippen LogP contribution in [0.1, 0.15) is 12.5 Å². The first kappa shape index (κ1) is 24.4. The minimum Gasteiger partial charge on any atom is -0.495 e. The fourth-order valence-electron chi connectivity index (χ4n) is 3.13. The third kappa shape index (κ3) is 5.77. The molecular formula is C24H25ClN2O5S. The Balaban J connectivity index is 1.98. The molecule has 0 fully saturated rings. The molecule has 1 N–H and O–H groups in total. The number of sulfonamides is 1. The summed E-state index contributed by atoms with van der Waals surface area (Å²) in [6, 6.07) is 17.9. The molecule has 174 valence electrons. The molecule has 33 heavy (non-hydrogen) atoms. The van der Waals surface area contributed by atoms with Gasteiger partial charge in [0.2, 0.25) is 5.91 Å². The van der Waals surface area contributed by atoms with Crippen LogP contribution < -0.4 is 19.1 Å². The number of ether oxygens (including phenoxy) is 2. The number of carbonyl (C=O) groups is 1. The molecule has 0 unspecified atom stereocenters. The number of anilines is 2. The number of rotatable bonds is 9. The van der Waals surface area contributed by atoms with Gasteiger partial charge in [-0.2, -0.15) is 0 Å². The van der Waals surface area contributed by atoms with E-state index < -0.39 is 22.5 Å². The zero-order valence-corrected chi connectivity index (χ0v) is 20.1. The van der Waals surface area contributed by atoms with Crippen molar-refractivity contribution in [1.29, 1.82) is 0 Å². The Labute approximate surface area is 198 Å². The van der Waals surface area contributed by atoms with Crippen LogP contribution in [0.3, 0.4) is 0 Å². The maximum absolute atomic E-state index is 13.5. The molecule has 0 bridgehead atoms. The van der Waals surface area contributed by atoms with Gasteiger partial charge in [-0.1, -0.05) is 41.4 Å². The number of methoxy groups -OCH3 is 1. The van der Waals surface area contributed by atoms with Crippen LogP contribution in [0.4, 0.5) is 11.4 Å². The van der Waals surface area contributed by atoms with Gasteiger partial charge >= 0.3 is 0 Å². The molecule has 7 nitrogen and oxygen atoms in total. The highest BCUT2D eigenvalue weighted by molar-refractivity contribution is 7.92. The monoisotopic (exact) mass is 488 g/mol. The number of carbonyl (C=O) groups excluding carboxylic acids is 1. The van der Waals surface area contributed by atoms with Crippen LogP contribution in [0, 0.1) is 6.92 Å². The standard InChI is InChI=1S/C24H25ClN2O5S/c1-4-32-23-8-6-5-7-21(23)26-24(28)16-27(18-11-14-22(31-3)20(25)15-18)33(29,30)19-12-9-17(2)10-13-19/h5-15H,4,16H2,1-3H3,(H,26,28). The summed E-state index contributed by atoms with van der Waals surface area (Å²) in [5, 5.41) is 2.96. The maximum atomic E-state index is 13.5. The Bertz CT molecular complexity index is 1230. The van der Waals surface area contributed by atoms with E-state index in [1.807, 2.05) is 13.8 Å². The highest BCUT2D eigenvalue weighted by Gasteiger charge is 2.28. The Morgan fingerprint density at radius 3 is 2.36 bits per heavy atom. The average molecular weight is 489 g/mol. The number of nitrogens with one attached hydrogen (secondary N) is 1. The second-order valence-corrected chi connectivity index (χ2v) is 9.39. The first-order valence-electron chi connectivity index (χ1n) is 10.2. The predicted molar refractivity (Wildman–Crippen MR) is 130 cm³/mol. The molecule has 0 aliphatic heterocycles. The largest absolute Gasteiger partial charge is 0.495 e. The molecule has 3 aromatic carbocycles. The second-order valence-electron chi connectivity index (χ2n) is 7.12. The van der Waals surface area contributed by atoms with Gasteiger partial charge in [0.25, 0.3) is 10.0 Å². The van der Waals surface area contributed by atoms with Crippen molar-refractivity contribution in [2.45, 2.75) is 18.7 Å². The van der Waals surface area contributed by atoms with Gasteiger partial charge in [0.05, 0.1) is 35.0 Å². The SMILES string of the molecule is CCOc1ccccc1NC(=O)CN(c1ccc(OC)c(Cl)c1)S(=O)(=O)c1ccc(C)cc1. The minimum absolute atomic E-state index is 0.0579. The number of para-hydroxylation sites is 2. The molecular weight excluding hydrogens is 464 g/mol. The van der Waals surface area contributed by atoms with E-state index >= 15 is 0 Å². The maximum Gasteiger partial charge on any atom is 0.264 e. The van der Waals surface area contributed by atoms with Crippen molar-refractivity contribution in [2.24, 2.45) is 0 Å². The summed E-state index contributed by atoms with van der Waals surface area (Å²) in [4.78, 5) is 13.0. The molecule has 9 heteroatoms. The minimum atomic E-state index is -4.07. The van der Waals surface area contributed by atoms with Crippen molar-refractivity contribution in [3.05, 3.63) is 77.3 Å². The molecule has 0 heterocycles. The lowest BCUT2D eigenvalue weighted by Crippen LogP contribution is -2.38. The number of nitrogens with zero attached hydrogens (tertiary/aromatic N) is 1. The summed E-state index contributed by atoms with van der Waals surface area (Å²) in [7, 11) is -2.61. The topological polar surface area (TPSA) is 84.9 Å². The number of hydrogen-bond acceptors (Lipinski definition) is 5. The zero-order valence-electron chi connectivity index (χ0n) is 18.5. The van der Waals surface area contributed by atoms with Gasteiger partial charge < -0.3 is 14.8 Å². The highest BCUT2D eigenvalue weighted by Crippen LogP contribution is 2.32. The number of hydrogen-bond donors (Lipinski definition) is 1. The lowest BCUT2D eigenvalue weighted by atomic mass is 10.2. The third-order valence-corrected chi connectivity index (χ3v) is 6.86. The summed E-state index contributed by atoms with van der Waals surface area (Å²) in [6.45, 7) is 3.65. The van der Waals surface area contributed by atoms with Crippen LogP contribution in [-0.2, 0) is 14.8 Å². The lowest BCUT2D eigenvalue weighted by Gasteiger charge is -2.25. The van der Waals surface area contributed by atoms with Gasteiger partial charge in [0, 0.05) is 0 Å². The quantitative estimate of drug-likeness (QED) is 0.463. The highest BCUT2D eigenvalue weighted by atomic mass is 35.5. The van der Waals surface area contributed by atoms with Crippen LogP contribution in [0.5, 0.6) is 11.5 Å². The van der Waals surface area contributed by atoms with Crippen molar-refractivity contribution in [3.8, 4) is 11.5 Å². The van der Waals surface area contributed by atoms with Gasteiger partial charge in [-0.3, -0.25) is 9.10 Å². The molecule has 0 saturated heterocycles. The Kier molecular flexibility index (Phi) is 7.84. The first-order chi connectivity index (χ1) is 15.8. The lowest BCUT2D eigenvalue weighted by molar-refractivity contribution is -0.114. The van der Waals surface area contributed by atoms with E-state index in [-0.39, 0.29) is 15.6 Å². The third-order valence-electron chi connectivity index (χ3n) is 4.78. The summed E-state index contributed by atoms with van der Waals surface area (Å²) in [5.41, 5.74) is 1.60. The molecule has 0 aliphatic carbocycles. The van der Waals surface area contributed by atoms with E-state index in [0.717, 1.165) is 9.87 Å². The first-order valence-corrected chi connectivity index (χ1v) is 12.0. The number of aryl methyl sites for hydroxylation is 1. The van der Waals surface area contributed by atoms with Gasteiger partial charge in [-0.25, -0.2) is 8.42 Å². The van der Waals surface area contributed by atoms with Crippen molar-refractivity contribution in [1.82, 2.24) is 0 Å². The van der Waals surface area contributed by atoms with E-state index in [0.29, 0.717) is 23.8 Å². The van der Waals surface area contributed by atoms with Gasteiger partial charge in [0.1, 0.15) is 18.0 Å². The van der Waals surface area contributed by atoms with E-state index in [4.69, 9.17) is 21.1 Å². The van der Waals surface area contributed by atoms with Crippen LogP contribution in [0.15, 0.2) is 71.6 Å². The van der Waals surface area contributed by atoms with Crippen LogP contribution >= 0.6 is 11.6 Å². The van der Waals surface area contributed by atoms with Crippen LogP contribution in [0.25, 0.3) is 0 Å². The summed E-state index contributed by atoms with van der Waals surface area (Å²) in [6.07, 6.45) is 0. The van der Waals surface area contributed by atoms with E-state index in [1.165, 1.54) is 31.4 Å². The summed E-state index contributed by atoms with van der Waals surface area (Å²) in [5.74, 6) is 0.349. The Morgan fingerprint density at radius 2 is 1.73 bits per heavy atom. The fourth-order valence-corrected chi connectivity index (χ4v) is 4.80. The molecule has 3 aromatic rings. The van der Waals surface area contributed by atoms with Crippen molar-refractivity contribution in [2.75, 3.05) is 29.9 Å². The van der Waals surface area contributed by atoms with Crippen molar-refractivity contribution >= 4 is 38.9 Å². The average Bonchev–Trinajstić information content (AvgIpc) is 2.79. The summed E-state index contributed by atoms with van der Waals surface area (Å²) >= 11 is 6.25. The molecule has 0 radical (unpaired) electrons. The number of benzene rings is 3. The van der Waals surface area contributed by atoms with Crippen LogP contribution in [-0.4, -0.2) is 34.6 Å². The Morgan fingerprint density at radius 1 is 1.03 bits per heavy atom. The summed E-state index contributed by atoms with van der Waals surface area (Å²) < 4.78 is 38.7. The van der Waals surface area contributed by atoms with E-state index in [2.05, 4.69) is 5.32 Å². The van der Waals surface area contributed by atoms with E-state index in [9.17, 15) is 13.2 Å². The van der Waals surface area contributed by atoms with E-state index in [1.54, 1.807) is 42.5 Å². The second kappa shape index (κ2) is 10.6. The fraction of sp³-hybridized carbons (Fsp3) is 0.208. The van der Waals surface area contributed by atoms with Gasteiger partial charge in [0.15, 0.2) is 0 Å². The predicted octanol–water partition coefficient (Wildman–Crippen LogP) is 4.89. The normalized spacial score (nSPS) is 11.0. The Hall–Kier alpha value is -3.23.